The summed E-state index contributed by atoms with van der Waals surface area (Å²) in [6.07, 6.45) is 3.38. The Morgan fingerprint density at radius 1 is 1.20 bits per heavy atom. The van der Waals surface area contributed by atoms with Crippen LogP contribution in [-0.4, -0.2) is 29.5 Å². The van der Waals surface area contributed by atoms with E-state index in [0.717, 1.165) is 31.2 Å². The van der Waals surface area contributed by atoms with E-state index >= 15 is 0 Å². The fraction of sp³-hybridized carbons (Fsp3) is 0.263. The molecule has 1 unspecified atom stereocenters. The molecule has 4 rings (SSSR count). The van der Waals surface area contributed by atoms with E-state index in [-0.39, 0.29) is 17.0 Å². The summed E-state index contributed by atoms with van der Waals surface area (Å²) in [6.45, 7) is 1.79. The van der Waals surface area contributed by atoms with Gasteiger partial charge in [-0.1, -0.05) is 6.07 Å². The summed E-state index contributed by atoms with van der Waals surface area (Å²) < 4.78 is 56.2. The third-order valence-corrected chi connectivity index (χ3v) is 5.36. The van der Waals surface area contributed by atoms with Crippen LogP contribution in [0.3, 0.4) is 0 Å². The quantitative estimate of drug-likeness (QED) is 0.524. The molecule has 158 valence electrons. The van der Waals surface area contributed by atoms with Crippen molar-refractivity contribution in [1.29, 1.82) is 0 Å². The molecule has 0 radical (unpaired) electrons. The van der Waals surface area contributed by atoms with Crippen molar-refractivity contribution in [2.75, 3.05) is 5.32 Å². The van der Waals surface area contributed by atoms with Gasteiger partial charge >= 0.3 is 0 Å². The Kier molecular flexibility index (Phi) is 5.16. The zero-order valence-electron chi connectivity index (χ0n) is 15.9. The number of benzene rings is 1. The Morgan fingerprint density at radius 3 is 2.57 bits per heavy atom. The molecule has 30 heavy (non-hydrogen) atoms. The van der Waals surface area contributed by atoms with E-state index in [4.69, 9.17) is 9.88 Å². The highest BCUT2D eigenvalue weighted by atomic mass is 32.2. The molecule has 0 saturated heterocycles. The molecule has 8 nitrogen and oxygen atoms in total. The number of halogens is 2. The van der Waals surface area contributed by atoms with Gasteiger partial charge in [-0.2, -0.15) is 0 Å². The molecule has 1 atom stereocenters. The second kappa shape index (κ2) is 7.65. The van der Waals surface area contributed by atoms with Crippen LogP contribution < -0.4 is 15.2 Å². The molecular formula is C19H19F2N5O3S. The number of primary sulfonamides is 1. The third-order valence-electron chi connectivity index (χ3n) is 4.56. The maximum absolute atomic E-state index is 13.9. The van der Waals surface area contributed by atoms with E-state index in [0.29, 0.717) is 22.8 Å². The molecule has 4 N–H and O–H groups in total. The van der Waals surface area contributed by atoms with Gasteiger partial charge in [0.25, 0.3) is 10.0 Å². The summed E-state index contributed by atoms with van der Waals surface area (Å²) in [5.74, 6) is -0.823. The Hall–Kier alpha value is -3.05. The first-order valence-corrected chi connectivity index (χ1v) is 10.7. The summed E-state index contributed by atoms with van der Waals surface area (Å²) in [6, 6.07) is 5.95. The third kappa shape index (κ3) is 4.41. The number of ether oxygens (including phenoxy) is 1. The van der Waals surface area contributed by atoms with E-state index in [9.17, 15) is 17.2 Å². The molecule has 0 bridgehead atoms. The number of hydrogen-bond acceptors (Lipinski definition) is 6. The van der Waals surface area contributed by atoms with Gasteiger partial charge in [0.2, 0.25) is 0 Å². The van der Waals surface area contributed by atoms with Gasteiger partial charge in [-0.3, -0.25) is 0 Å². The number of nitrogens with zero attached hydrogens (tertiary/aromatic N) is 2. The molecule has 3 aromatic rings. The van der Waals surface area contributed by atoms with Gasteiger partial charge in [0.1, 0.15) is 23.4 Å². The number of pyridine rings is 1. The van der Waals surface area contributed by atoms with Crippen molar-refractivity contribution in [2.45, 2.75) is 36.9 Å². The average Bonchev–Trinajstić information content (AvgIpc) is 3.35. The standard InChI is InChI=1S/C19H19F2N5O3S/c1-10-15(29-12-3-4-12)6-7-16(24-10)25-18(11-2-5-13(20)14(21)8-11)19-23-9-17(26-19)30(22,27)28/h2,5-9,12,18H,3-4H2,1H3,(H,23,26)(H,24,25)(H2,22,27,28). The Labute approximate surface area is 171 Å². The molecule has 0 amide bonds. The van der Waals surface area contributed by atoms with E-state index in [2.05, 4.69) is 20.3 Å². The molecule has 2 aromatic heterocycles. The molecule has 1 saturated carbocycles. The zero-order chi connectivity index (χ0) is 21.5. The predicted molar refractivity (Wildman–Crippen MR) is 104 cm³/mol. The van der Waals surface area contributed by atoms with Crippen molar-refractivity contribution in [3.8, 4) is 5.75 Å². The highest BCUT2D eigenvalue weighted by Gasteiger charge is 2.25. The monoisotopic (exact) mass is 435 g/mol. The molecule has 11 heteroatoms. The Balaban J connectivity index is 1.69. The van der Waals surface area contributed by atoms with Crippen LogP contribution in [0.4, 0.5) is 14.6 Å². The number of imidazole rings is 1. The van der Waals surface area contributed by atoms with Crippen LogP contribution in [0.1, 0.15) is 36.0 Å². The van der Waals surface area contributed by atoms with Crippen LogP contribution in [0.5, 0.6) is 5.75 Å². The number of aromatic amines is 1. The number of H-pyrrole nitrogens is 1. The topological polar surface area (TPSA) is 123 Å². The van der Waals surface area contributed by atoms with Crippen molar-refractivity contribution >= 4 is 15.8 Å². The number of aromatic nitrogens is 3. The van der Waals surface area contributed by atoms with Crippen molar-refractivity contribution in [3.05, 3.63) is 65.2 Å². The van der Waals surface area contributed by atoms with Gasteiger partial charge in [0.15, 0.2) is 16.7 Å². The zero-order valence-corrected chi connectivity index (χ0v) is 16.7. The van der Waals surface area contributed by atoms with Crippen molar-refractivity contribution < 1.29 is 21.9 Å². The lowest BCUT2D eigenvalue weighted by atomic mass is 10.1. The number of nitrogens with two attached hydrogens (primary N) is 1. The normalized spacial score (nSPS) is 15.1. The first-order valence-electron chi connectivity index (χ1n) is 9.14. The number of rotatable bonds is 7. The fourth-order valence-electron chi connectivity index (χ4n) is 2.88. The smallest absolute Gasteiger partial charge is 0.257 e. The number of sulfonamides is 1. The summed E-state index contributed by atoms with van der Waals surface area (Å²) in [4.78, 5) is 11.2. The van der Waals surface area contributed by atoms with E-state index < -0.39 is 27.7 Å². The van der Waals surface area contributed by atoms with Gasteiger partial charge in [-0.25, -0.2) is 32.3 Å². The number of anilines is 1. The first kappa shape index (κ1) is 20.2. The van der Waals surface area contributed by atoms with Crippen molar-refractivity contribution in [1.82, 2.24) is 15.0 Å². The Bertz CT molecular complexity index is 1190. The fourth-order valence-corrected chi connectivity index (χ4v) is 3.33. The highest BCUT2D eigenvalue weighted by molar-refractivity contribution is 7.89. The Morgan fingerprint density at radius 2 is 1.97 bits per heavy atom. The summed E-state index contributed by atoms with van der Waals surface area (Å²) in [5, 5.41) is 7.82. The maximum atomic E-state index is 13.9. The largest absolute Gasteiger partial charge is 0.489 e. The van der Waals surface area contributed by atoms with Crippen LogP contribution in [0, 0.1) is 18.6 Å². The van der Waals surface area contributed by atoms with Crippen LogP contribution in [0.2, 0.25) is 0 Å². The highest BCUT2D eigenvalue weighted by Crippen LogP contribution is 2.31. The molecule has 1 aliphatic rings. The number of hydrogen-bond donors (Lipinski definition) is 3. The minimum atomic E-state index is -4.04. The number of aryl methyl sites for hydroxylation is 1. The SMILES string of the molecule is Cc1nc(NC(c2ccc(F)c(F)c2)c2nc(S(N)(=O)=O)c[nH]2)ccc1OC1CC1. The lowest BCUT2D eigenvalue weighted by molar-refractivity contribution is 0.299. The van der Waals surface area contributed by atoms with Crippen LogP contribution in [-0.2, 0) is 10.0 Å². The molecule has 1 fully saturated rings. The maximum Gasteiger partial charge on any atom is 0.257 e. The van der Waals surface area contributed by atoms with Crippen molar-refractivity contribution in [2.24, 2.45) is 5.14 Å². The van der Waals surface area contributed by atoms with Gasteiger partial charge in [0, 0.05) is 6.20 Å². The summed E-state index contributed by atoms with van der Waals surface area (Å²) in [7, 11) is -4.04. The summed E-state index contributed by atoms with van der Waals surface area (Å²) >= 11 is 0. The lowest BCUT2D eigenvalue weighted by Crippen LogP contribution is -2.17. The summed E-state index contributed by atoms with van der Waals surface area (Å²) in [5.41, 5.74) is 0.961. The van der Waals surface area contributed by atoms with Gasteiger partial charge in [-0.05, 0) is 49.6 Å². The molecule has 0 spiro atoms. The predicted octanol–water partition coefficient (Wildman–Crippen LogP) is 2.78. The van der Waals surface area contributed by atoms with Crippen LogP contribution in [0.25, 0.3) is 0 Å². The molecular weight excluding hydrogens is 416 g/mol. The van der Waals surface area contributed by atoms with E-state index in [1.807, 2.05) is 0 Å². The molecule has 2 heterocycles. The van der Waals surface area contributed by atoms with Crippen molar-refractivity contribution in [3.63, 3.8) is 0 Å². The molecule has 1 aliphatic carbocycles. The van der Waals surface area contributed by atoms with Gasteiger partial charge < -0.3 is 15.0 Å². The van der Waals surface area contributed by atoms with Gasteiger partial charge in [0.05, 0.1) is 11.8 Å². The van der Waals surface area contributed by atoms with E-state index in [1.54, 1.807) is 19.1 Å². The second-order valence-corrected chi connectivity index (χ2v) is 8.53. The van der Waals surface area contributed by atoms with Crippen LogP contribution >= 0.6 is 0 Å². The van der Waals surface area contributed by atoms with Gasteiger partial charge in [-0.15, -0.1) is 0 Å². The second-order valence-electron chi connectivity index (χ2n) is 7.02. The average molecular weight is 435 g/mol. The number of nitrogens with one attached hydrogen (secondary N) is 2. The minimum absolute atomic E-state index is 0.141. The molecule has 1 aromatic carbocycles. The lowest BCUT2D eigenvalue weighted by Gasteiger charge is -2.19. The van der Waals surface area contributed by atoms with E-state index in [1.165, 1.54) is 6.07 Å². The first-order chi connectivity index (χ1) is 14.2. The van der Waals surface area contributed by atoms with Crippen LogP contribution in [0.15, 0.2) is 41.6 Å². The minimum Gasteiger partial charge on any atom is -0.489 e. The molecule has 0 aliphatic heterocycles.